The molecule has 1 aliphatic rings. The van der Waals surface area contributed by atoms with Crippen LogP contribution in [0, 0.1) is 0 Å². The van der Waals surface area contributed by atoms with Crippen LogP contribution in [0.2, 0.25) is 0 Å². The van der Waals surface area contributed by atoms with Gasteiger partial charge in [-0.2, -0.15) is 0 Å². The Hall–Kier alpha value is -0.910. The van der Waals surface area contributed by atoms with Crippen LogP contribution in [0.4, 0.5) is 13.6 Å². The topological polar surface area (TPSA) is 66.6 Å². The molecular formula is C11H20F2N2O2. The van der Waals surface area contributed by atoms with Gasteiger partial charge in [0.15, 0.2) is 0 Å². The third kappa shape index (κ3) is 2.86. The van der Waals surface area contributed by atoms with Gasteiger partial charge in [0.2, 0.25) is 0 Å². The van der Waals surface area contributed by atoms with E-state index >= 15 is 0 Å². The Bertz CT molecular complexity index is 302. The Balaban J connectivity index is 2.99. The lowest BCUT2D eigenvalue weighted by atomic mass is 9.84. The summed E-state index contributed by atoms with van der Waals surface area (Å²) in [5.41, 5.74) is 4.80. The highest BCUT2D eigenvalue weighted by Gasteiger charge is 2.49. The first-order chi connectivity index (χ1) is 7.57. The summed E-state index contributed by atoms with van der Waals surface area (Å²) in [5, 5.41) is 9.17. The average molecular weight is 250 g/mol. The summed E-state index contributed by atoms with van der Waals surface area (Å²) in [6.45, 7) is 5.04. The number of halogens is 2. The number of nitrogens with zero attached hydrogens (tertiary/aromatic N) is 1. The second-order valence-corrected chi connectivity index (χ2v) is 5.57. The minimum absolute atomic E-state index is 0.262. The first-order valence-electron chi connectivity index (χ1n) is 5.73. The van der Waals surface area contributed by atoms with Crippen molar-refractivity contribution >= 4 is 6.09 Å². The molecule has 1 aliphatic carbocycles. The highest BCUT2D eigenvalue weighted by Crippen LogP contribution is 2.36. The van der Waals surface area contributed by atoms with Gasteiger partial charge in [0.25, 0.3) is 5.92 Å². The molecule has 1 fully saturated rings. The predicted octanol–water partition coefficient (Wildman–Crippen LogP) is 2.28. The van der Waals surface area contributed by atoms with Gasteiger partial charge in [-0.1, -0.05) is 0 Å². The molecule has 0 heterocycles. The molecule has 1 saturated carbocycles. The Morgan fingerprint density at radius 3 is 2.41 bits per heavy atom. The molecule has 0 bridgehead atoms. The maximum absolute atomic E-state index is 13.5. The van der Waals surface area contributed by atoms with Gasteiger partial charge in [-0.25, -0.2) is 13.6 Å². The van der Waals surface area contributed by atoms with Gasteiger partial charge in [0.1, 0.15) is 0 Å². The number of carboxylic acid groups (broad SMARTS) is 1. The van der Waals surface area contributed by atoms with E-state index in [0.29, 0.717) is 12.8 Å². The van der Waals surface area contributed by atoms with Crippen LogP contribution in [0.15, 0.2) is 0 Å². The smallest absolute Gasteiger partial charge is 0.408 e. The zero-order chi connectivity index (χ0) is 13.4. The average Bonchev–Trinajstić information content (AvgIpc) is 2.09. The lowest BCUT2D eigenvalue weighted by Crippen LogP contribution is -2.63. The number of alkyl halides is 2. The van der Waals surface area contributed by atoms with Crippen LogP contribution in [-0.4, -0.2) is 39.6 Å². The van der Waals surface area contributed by atoms with Crippen molar-refractivity contribution < 1.29 is 18.7 Å². The van der Waals surface area contributed by atoms with E-state index in [0.717, 1.165) is 4.90 Å². The van der Waals surface area contributed by atoms with Crippen LogP contribution in [-0.2, 0) is 0 Å². The minimum Gasteiger partial charge on any atom is -0.465 e. The lowest BCUT2D eigenvalue weighted by molar-refractivity contribution is -0.0885. The SMILES string of the molecule is CC(C)(C)N(C(=O)O)[C@@H]1CCCC(F)(F)[C@H]1N. The van der Waals surface area contributed by atoms with Crippen molar-refractivity contribution in [1.29, 1.82) is 0 Å². The van der Waals surface area contributed by atoms with Gasteiger partial charge in [-0.15, -0.1) is 0 Å². The Morgan fingerprint density at radius 2 is 2.00 bits per heavy atom. The van der Waals surface area contributed by atoms with E-state index in [4.69, 9.17) is 5.73 Å². The molecule has 0 aliphatic heterocycles. The third-order valence-electron chi connectivity index (χ3n) is 3.17. The molecule has 0 radical (unpaired) electrons. The first kappa shape index (κ1) is 14.2. The van der Waals surface area contributed by atoms with Crippen molar-refractivity contribution in [3.05, 3.63) is 0 Å². The fourth-order valence-corrected chi connectivity index (χ4v) is 2.39. The highest BCUT2D eigenvalue weighted by molar-refractivity contribution is 5.66. The van der Waals surface area contributed by atoms with Gasteiger partial charge < -0.3 is 10.8 Å². The number of hydrogen-bond acceptors (Lipinski definition) is 2. The third-order valence-corrected chi connectivity index (χ3v) is 3.17. The van der Waals surface area contributed by atoms with Crippen molar-refractivity contribution in [3.8, 4) is 0 Å². The fourth-order valence-electron chi connectivity index (χ4n) is 2.39. The van der Waals surface area contributed by atoms with Crippen LogP contribution in [0.25, 0.3) is 0 Å². The second-order valence-electron chi connectivity index (χ2n) is 5.57. The monoisotopic (exact) mass is 250 g/mol. The quantitative estimate of drug-likeness (QED) is 0.750. The molecule has 1 amide bonds. The largest absolute Gasteiger partial charge is 0.465 e. The molecule has 0 aromatic carbocycles. The molecule has 6 heteroatoms. The van der Waals surface area contributed by atoms with Crippen LogP contribution in [0.3, 0.4) is 0 Å². The zero-order valence-electron chi connectivity index (χ0n) is 10.4. The van der Waals surface area contributed by atoms with E-state index in [9.17, 15) is 18.7 Å². The summed E-state index contributed by atoms with van der Waals surface area (Å²) in [5.74, 6) is -2.98. The van der Waals surface area contributed by atoms with E-state index in [2.05, 4.69) is 0 Å². The van der Waals surface area contributed by atoms with E-state index in [1.54, 1.807) is 20.8 Å². The number of rotatable bonds is 1. The summed E-state index contributed by atoms with van der Waals surface area (Å²) < 4.78 is 27.0. The van der Waals surface area contributed by atoms with Crippen molar-refractivity contribution in [2.45, 2.75) is 63.6 Å². The molecule has 17 heavy (non-hydrogen) atoms. The Morgan fingerprint density at radius 1 is 1.47 bits per heavy atom. The second kappa shape index (κ2) is 4.40. The van der Waals surface area contributed by atoms with Crippen molar-refractivity contribution in [2.24, 2.45) is 5.73 Å². The normalized spacial score (nSPS) is 28.8. The van der Waals surface area contributed by atoms with Gasteiger partial charge in [0, 0.05) is 12.0 Å². The number of amides is 1. The van der Waals surface area contributed by atoms with Crippen LogP contribution in [0.5, 0.6) is 0 Å². The van der Waals surface area contributed by atoms with E-state index in [-0.39, 0.29) is 6.42 Å². The molecule has 0 spiro atoms. The summed E-state index contributed by atoms with van der Waals surface area (Å²) in [4.78, 5) is 12.3. The molecule has 4 nitrogen and oxygen atoms in total. The van der Waals surface area contributed by atoms with Crippen molar-refractivity contribution in [1.82, 2.24) is 4.90 Å². The molecule has 100 valence electrons. The number of hydrogen-bond donors (Lipinski definition) is 2. The Kier molecular flexibility index (Phi) is 3.66. The lowest BCUT2D eigenvalue weighted by Gasteiger charge is -2.46. The van der Waals surface area contributed by atoms with Crippen molar-refractivity contribution in [2.75, 3.05) is 0 Å². The molecule has 3 N–H and O–H groups in total. The molecule has 1 rings (SSSR count). The molecule has 0 saturated heterocycles. The van der Waals surface area contributed by atoms with Gasteiger partial charge in [0.05, 0.1) is 12.1 Å². The van der Waals surface area contributed by atoms with Gasteiger partial charge in [-0.05, 0) is 33.6 Å². The maximum atomic E-state index is 13.5. The number of carbonyl (C=O) groups is 1. The Labute approximate surface area is 99.8 Å². The summed E-state index contributed by atoms with van der Waals surface area (Å²) in [6, 6.07) is -2.25. The van der Waals surface area contributed by atoms with E-state index < -0.39 is 29.6 Å². The summed E-state index contributed by atoms with van der Waals surface area (Å²) >= 11 is 0. The number of nitrogens with two attached hydrogens (primary N) is 1. The van der Waals surface area contributed by atoms with Crippen LogP contribution < -0.4 is 5.73 Å². The molecular weight excluding hydrogens is 230 g/mol. The van der Waals surface area contributed by atoms with E-state index in [1.807, 2.05) is 0 Å². The van der Waals surface area contributed by atoms with Gasteiger partial charge in [-0.3, -0.25) is 4.90 Å². The molecule has 2 atom stereocenters. The summed E-state index contributed by atoms with van der Waals surface area (Å²) in [7, 11) is 0. The van der Waals surface area contributed by atoms with Crippen molar-refractivity contribution in [3.63, 3.8) is 0 Å². The van der Waals surface area contributed by atoms with Crippen LogP contribution >= 0.6 is 0 Å². The standard InChI is InChI=1S/C11H20F2N2O2/c1-10(2,3)15(9(16)17)7-5-4-6-11(12,13)8(7)14/h7-8H,4-6,14H2,1-3H3,(H,16,17)/t7-,8+/m1/s1. The first-order valence-corrected chi connectivity index (χ1v) is 5.73. The minimum atomic E-state index is -2.98. The highest BCUT2D eigenvalue weighted by atomic mass is 19.3. The predicted molar refractivity (Wildman–Crippen MR) is 60.2 cm³/mol. The van der Waals surface area contributed by atoms with Crippen LogP contribution in [0.1, 0.15) is 40.0 Å². The maximum Gasteiger partial charge on any atom is 0.408 e. The van der Waals surface area contributed by atoms with E-state index in [1.165, 1.54) is 0 Å². The summed E-state index contributed by atoms with van der Waals surface area (Å²) in [6.07, 6.45) is -0.774. The fraction of sp³-hybridized carbons (Fsp3) is 0.909. The molecule has 0 unspecified atom stereocenters. The zero-order valence-corrected chi connectivity index (χ0v) is 10.4. The molecule has 0 aromatic rings. The van der Waals surface area contributed by atoms with Gasteiger partial charge >= 0.3 is 6.09 Å². The molecule has 0 aromatic heterocycles.